The van der Waals surface area contributed by atoms with Crippen molar-refractivity contribution < 1.29 is 14.3 Å². The van der Waals surface area contributed by atoms with Gasteiger partial charge in [0.2, 0.25) is 5.91 Å². The third kappa shape index (κ3) is 6.50. The van der Waals surface area contributed by atoms with Gasteiger partial charge in [0, 0.05) is 46.4 Å². The molecule has 0 saturated carbocycles. The molecule has 2 heterocycles. The average molecular weight is 553 g/mol. The number of fused-ring (bicyclic) bond motifs is 1. The number of benzene rings is 3. The molecule has 5 rings (SSSR count). The fraction of sp³-hybridized carbons (Fsp3) is 0.156. The summed E-state index contributed by atoms with van der Waals surface area (Å²) in [7, 11) is 1.32. The number of aryl methyl sites for hydroxylation is 2. The van der Waals surface area contributed by atoms with Crippen molar-refractivity contribution in [3.8, 4) is 5.69 Å². The molecule has 5 aromatic rings. The summed E-state index contributed by atoms with van der Waals surface area (Å²) in [6.07, 6.45) is 8.66. The van der Waals surface area contributed by atoms with E-state index in [0.717, 1.165) is 39.8 Å². The Balaban J connectivity index is 1.35. The number of rotatable bonds is 10. The first-order valence-electron chi connectivity index (χ1n) is 13.0. The first kappa shape index (κ1) is 27.0. The molecule has 0 bridgehead atoms. The van der Waals surface area contributed by atoms with Crippen LogP contribution in [-0.4, -0.2) is 39.8 Å². The summed E-state index contributed by atoms with van der Waals surface area (Å²) >= 11 is 6.21. The van der Waals surface area contributed by atoms with Gasteiger partial charge in [0.15, 0.2) is 0 Å². The zero-order chi connectivity index (χ0) is 27.9. The Morgan fingerprint density at radius 2 is 1.85 bits per heavy atom. The highest BCUT2D eigenvalue weighted by atomic mass is 35.5. The van der Waals surface area contributed by atoms with Gasteiger partial charge in [0.1, 0.15) is 6.04 Å². The number of hydrogen-bond donors (Lipinski definition) is 2. The molecule has 0 radical (unpaired) electrons. The predicted molar refractivity (Wildman–Crippen MR) is 157 cm³/mol. The lowest BCUT2D eigenvalue weighted by atomic mass is 10.0. The maximum absolute atomic E-state index is 13.0. The van der Waals surface area contributed by atoms with Crippen LogP contribution in [0.15, 0.2) is 97.3 Å². The van der Waals surface area contributed by atoms with E-state index in [1.165, 1.54) is 18.7 Å². The molecule has 1 atom stereocenters. The lowest BCUT2D eigenvalue weighted by Crippen LogP contribution is -2.42. The van der Waals surface area contributed by atoms with Gasteiger partial charge in [-0.25, -0.2) is 9.48 Å². The highest BCUT2D eigenvalue weighted by Crippen LogP contribution is 2.21. The Bertz CT molecular complexity index is 1660. The second-order valence-electron chi connectivity index (χ2n) is 9.42. The van der Waals surface area contributed by atoms with Gasteiger partial charge in [-0.2, -0.15) is 5.10 Å². The summed E-state index contributed by atoms with van der Waals surface area (Å²) in [5, 5.41) is 9.21. The van der Waals surface area contributed by atoms with Crippen molar-refractivity contribution in [1.29, 1.82) is 0 Å². The zero-order valence-electron chi connectivity index (χ0n) is 22.0. The summed E-state index contributed by atoms with van der Waals surface area (Å²) < 4.78 is 6.74. The quantitative estimate of drug-likeness (QED) is 0.172. The number of nitrogens with one attached hydrogen (secondary N) is 2. The van der Waals surface area contributed by atoms with Gasteiger partial charge in [-0.3, -0.25) is 4.79 Å². The lowest BCUT2D eigenvalue weighted by molar-refractivity contribution is -0.144. The van der Waals surface area contributed by atoms with Crippen molar-refractivity contribution in [2.75, 3.05) is 7.11 Å². The molecule has 0 spiro atoms. The summed E-state index contributed by atoms with van der Waals surface area (Å²) in [5.41, 5.74) is 5.55. The molecule has 1 amide bonds. The summed E-state index contributed by atoms with van der Waals surface area (Å²) in [4.78, 5) is 28.7. The molecular formula is C32H29ClN4O3. The van der Waals surface area contributed by atoms with Gasteiger partial charge in [0.05, 0.1) is 18.5 Å². The summed E-state index contributed by atoms with van der Waals surface area (Å²) in [6.45, 7) is 0. The number of aromatic amines is 1. The van der Waals surface area contributed by atoms with E-state index in [2.05, 4.69) is 22.4 Å². The van der Waals surface area contributed by atoms with Crippen LogP contribution >= 0.6 is 11.6 Å². The standard InChI is InChI=1S/C32H29ClN4O3/c1-40-32(39)30(18-24-20-34-29-13-6-5-12-27(24)29)35-31(38)17-15-23-21-37(26-11-7-10-25(33)19-26)36-28(23)16-14-22-8-3-2-4-9-22/h2-13,15,17,19-21,30,34H,14,16,18H2,1H3,(H,35,38)/b17-15+/t30-/m0/s1. The Hall–Kier alpha value is -4.62. The number of ether oxygens (including phenoxy) is 1. The van der Waals surface area contributed by atoms with Crippen molar-refractivity contribution in [1.82, 2.24) is 20.1 Å². The number of aromatic nitrogens is 3. The second kappa shape index (κ2) is 12.5. The van der Waals surface area contributed by atoms with E-state index >= 15 is 0 Å². The SMILES string of the molecule is COC(=O)[C@H](Cc1c[nH]c2ccccc12)NC(=O)/C=C/c1cn(-c2cccc(Cl)c2)nc1CCc1ccccc1. The van der Waals surface area contributed by atoms with E-state index < -0.39 is 17.9 Å². The lowest BCUT2D eigenvalue weighted by Gasteiger charge is -2.15. The van der Waals surface area contributed by atoms with Gasteiger partial charge in [0.25, 0.3) is 0 Å². The normalized spacial score (nSPS) is 12.1. The van der Waals surface area contributed by atoms with Gasteiger partial charge in [-0.05, 0) is 54.3 Å². The highest BCUT2D eigenvalue weighted by molar-refractivity contribution is 6.30. The summed E-state index contributed by atoms with van der Waals surface area (Å²) in [6, 6.07) is 24.6. The van der Waals surface area contributed by atoms with Crippen LogP contribution in [0.3, 0.4) is 0 Å². The number of amides is 1. The van der Waals surface area contributed by atoms with Gasteiger partial charge in [-0.15, -0.1) is 0 Å². The van der Waals surface area contributed by atoms with E-state index in [9.17, 15) is 9.59 Å². The number of carbonyl (C=O) groups is 2. The molecule has 3 aromatic carbocycles. The minimum absolute atomic E-state index is 0.297. The Labute approximate surface area is 237 Å². The molecule has 8 heteroatoms. The average Bonchev–Trinajstić information content (AvgIpc) is 3.59. The molecule has 0 unspecified atom stereocenters. The van der Waals surface area contributed by atoms with Crippen LogP contribution in [0.25, 0.3) is 22.7 Å². The smallest absolute Gasteiger partial charge is 0.328 e. The van der Waals surface area contributed by atoms with E-state index in [1.54, 1.807) is 10.8 Å². The molecule has 0 aliphatic heterocycles. The molecule has 2 aromatic heterocycles. The van der Waals surface area contributed by atoms with Crippen molar-refractivity contribution >= 4 is 40.5 Å². The predicted octanol–water partition coefficient (Wildman–Crippen LogP) is 5.71. The molecular weight excluding hydrogens is 524 g/mol. The van der Waals surface area contributed by atoms with Crippen molar-refractivity contribution in [2.45, 2.75) is 25.3 Å². The Kier molecular flexibility index (Phi) is 8.42. The van der Waals surface area contributed by atoms with E-state index in [1.807, 2.05) is 79.1 Å². The van der Waals surface area contributed by atoms with Crippen LogP contribution in [0.5, 0.6) is 0 Å². The topological polar surface area (TPSA) is 89.0 Å². The third-order valence-corrected chi connectivity index (χ3v) is 6.94. The number of hydrogen-bond acceptors (Lipinski definition) is 4. The largest absolute Gasteiger partial charge is 0.467 e. The number of H-pyrrole nitrogens is 1. The molecule has 0 saturated heterocycles. The number of nitrogens with zero attached hydrogens (tertiary/aromatic N) is 2. The van der Waals surface area contributed by atoms with Crippen LogP contribution in [-0.2, 0) is 33.6 Å². The van der Waals surface area contributed by atoms with Crippen LogP contribution in [0.4, 0.5) is 0 Å². The van der Waals surface area contributed by atoms with Crippen LogP contribution < -0.4 is 5.32 Å². The molecule has 0 aliphatic carbocycles. The Morgan fingerprint density at radius 1 is 1.05 bits per heavy atom. The first-order valence-corrected chi connectivity index (χ1v) is 13.4. The van der Waals surface area contributed by atoms with Crippen molar-refractivity contribution in [2.24, 2.45) is 0 Å². The maximum Gasteiger partial charge on any atom is 0.328 e. The zero-order valence-corrected chi connectivity index (χ0v) is 22.8. The minimum Gasteiger partial charge on any atom is -0.467 e. The third-order valence-electron chi connectivity index (χ3n) is 6.70. The van der Waals surface area contributed by atoms with Crippen molar-refractivity contribution in [3.63, 3.8) is 0 Å². The number of halogens is 1. The molecule has 0 fully saturated rings. The first-order chi connectivity index (χ1) is 19.5. The van der Waals surface area contributed by atoms with E-state index in [4.69, 9.17) is 21.4 Å². The van der Waals surface area contributed by atoms with E-state index in [-0.39, 0.29) is 0 Å². The van der Waals surface area contributed by atoms with Crippen LogP contribution in [0.2, 0.25) is 5.02 Å². The molecule has 202 valence electrons. The fourth-order valence-electron chi connectivity index (χ4n) is 4.66. The number of methoxy groups -OCH3 is 1. The fourth-order valence-corrected chi connectivity index (χ4v) is 4.84. The maximum atomic E-state index is 13.0. The van der Waals surface area contributed by atoms with E-state index in [0.29, 0.717) is 17.9 Å². The van der Waals surface area contributed by atoms with Crippen LogP contribution in [0, 0.1) is 0 Å². The molecule has 7 nitrogen and oxygen atoms in total. The highest BCUT2D eigenvalue weighted by Gasteiger charge is 2.22. The Morgan fingerprint density at radius 3 is 2.65 bits per heavy atom. The number of para-hydroxylation sites is 1. The minimum atomic E-state index is -0.840. The van der Waals surface area contributed by atoms with Gasteiger partial charge in [-0.1, -0.05) is 66.2 Å². The molecule has 0 aliphatic rings. The number of esters is 1. The van der Waals surface area contributed by atoms with Crippen LogP contribution in [0.1, 0.15) is 22.4 Å². The molecule has 40 heavy (non-hydrogen) atoms. The molecule has 2 N–H and O–H groups in total. The monoisotopic (exact) mass is 552 g/mol. The summed E-state index contributed by atoms with van der Waals surface area (Å²) in [5.74, 6) is -0.913. The number of carbonyl (C=O) groups excluding carboxylic acids is 2. The van der Waals surface area contributed by atoms with Gasteiger partial charge < -0.3 is 15.0 Å². The van der Waals surface area contributed by atoms with Gasteiger partial charge >= 0.3 is 5.97 Å². The van der Waals surface area contributed by atoms with Crippen molar-refractivity contribution in [3.05, 3.63) is 125 Å². The second-order valence-corrected chi connectivity index (χ2v) is 9.86.